The zero-order valence-corrected chi connectivity index (χ0v) is 15.3. The zero-order chi connectivity index (χ0) is 18.5. The van der Waals surface area contributed by atoms with Crippen LogP contribution < -0.4 is 11.0 Å². The highest BCUT2D eigenvalue weighted by Gasteiger charge is 2.60. The quantitative estimate of drug-likeness (QED) is 0.856. The monoisotopic (exact) mass is 353 g/mol. The maximum atomic E-state index is 12.4. The second kappa shape index (κ2) is 5.72. The number of hydrogen-bond donors (Lipinski definition) is 1. The second-order valence-electron chi connectivity index (χ2n) is 8.16. The Labute approximate surface area is 151 Å². The molecule has 2 aliphatic rings. The molecule has 0 aliphatic heterocycles. The first-order valence-electron chi connectivity index (χ1n) is 9.01. The minimum Gasteiger partial charge on any atom is -0.271 e. The molecule has 1 aromatic carbocycles. The lowest BCUT2D eigenvalue weighted by atomic mass is 9.70. The number of hydrogen-bond acceptors (Lipinski definition) is 5. The Morgan fingerprint density at radius 1 is 1.35 bits per heavy atom. The second-order valence-corrected chi connectivity index (χ2v) is 8.16. The molecule has 136 valence electrons. The van der Waals surface area contributed by atoms with Gasteiger partial charge in [0.25, 0.3) is 11.5 Å². The van der Waals surface area contributed by atoms with Crippen LogP contribution >= 0.6 is 0 Å². The first-order chi connectivity index (χ1) is 12.3. The van der Waals surface area contributed by atoms with Gasteiger partial charge < -0.3 is 0 Å². The van der Waals surface area contributed by atoms with Crippen molar-refractivity contribution in [3.05, 3.63) is 34.6 Å². The van der Waals surface area contributed by atoms with Crippen LogP contribution in [0.1, 0.15) is 40.0 Å². The Bertz CT molecular complexity index is 977. The van der Waals surface area contributed by atoms with Crippen LogP contribution in [0.15, 0.2) is 34.2 Å². The molecule has 2 fully saturated rings. The summed E-state index contributed by atoms with van der Waals surface area (Å²) in [6, 6.07) is 6.96. The van der Waals surface area contributed by atoms with Crippen molar-refractivity contribution in [1.29, 1.82) is 0 Å². The number of amides is 1. The van der Waals surface area contributed by atoms with Crippen LogP contribution in [0.25, 0.3) is 10.9 Å². The van der Waals surface area contributed by atoms with E-state index in [2.05, 4.69) is 41.6 Å². The summed E-state index contributed by atoms with van der Waals surface area (Å²) in [5.41, 5.74) is 4.11. The van der Waals surface area contributed by atoms with Gasteiger partial charge in [0, 0.05) is 11.1 Å². The Hall–Kier alpha value is -2.57. The largest absolute Gasteiger partial charge is 0.278 e. The summed E-state index contributed by atoms with van der Waals surface area (Å²) in [5, 5.41) is 12.7. The van der Waals surface area contributed by atoms with E-state index >= 15 is 0 Å². The molecule has 7 nitrogen and oxygen atoms in total. The third-order valence-corrected chi connectivity index (χ3v) is 6.75. The van der Waals surface area contributed by atoms with E-state index in [0.29, 0.717) is 16.8 Å². The third kappa shape index (κ3) is 2.37. The summed E-state index contributed by atoms with van der Waals surface area (Å²) in [6.07, 6.45) is 3.26. The summed E-state index contributed by atoms with van der Waals surface area (Å²) in [5.74, 6) is 0.255. The van der Waals surface area contributed by atoms with Gasteiger partial charge >= 0.3 is 0 Å². The van der Waals surface area contributed by atoms with Crippen molar-refractivity contribution in [1.82, 2.24) is 20.4 Å². The van der Waals surface area contributed by atoms with E-state index in [1.807, 2.05) is 0 Å². The minimum absolute atomic E-state index is 0.0323. The molecule has 2 aromatic rings. The highest BCUT2D eigenvalue weighted by Crippen LogP contribution is 2.63. The Morgan fingerprint density at radius 3 is 2.81 bits per heavy atom. The van der Waals surface area contributed by atoms with Crippen LogP contribution in [0.5, 0.6) is 0 Å². The summed E-state index contributed by atoms with van der Waals surface area (Å²) in [4.78, 5) is 24.7. The molecule has 1 N–H and O–H groups in total. The smallest absolute Gasteiger partial charge is 0.271 e. The molecular formula is C19H23N5O2. The highest BCUT2D eigenvalue weighted by atomic mass is 16.2. The van der Waals surface area contributed by atoms with E-state index in [-0.39, 0.29) is 28.8 Å². The van der Waals surface area contributed by atoms with Gasteiger partial charge in [-0.2, -0.15) is 5.10 Å². The Kier molecular flexibility index (Phi) is 3.71. The molecule has 1 heterocycles. The number of benzene rings is 1. The summed E-state index contributed by atoms with van der Waals surface area (Å²) in [6.45, 7) is 6.62. The van der Waals surface area contributed by atoms with Gasteiger partial charge in [0.1, 0.15) is 12.1 Å². The van der Waals surface area contributed by atoms with Gasteiger partial charge in [-0.15, -0.1) is 5.10 Å². The van der Waals surface area contributed by atoms with Crippen LogP contribution in [-0.2, 0) is 11.3 Å². The van der Waals surface area contributed by atoms with Crippen molar-refractivity contribution in [2.75, 3.05) is 0 Å². The number of nitrogens with one attached hydrogen (secondary N) is 1. The molecule has 0 saturated heterocycles. The zero-order valence-electron chi connectivity index (χ0n) is 15.3. The molecule has 2 unspecified atom stereocenters. The molecule has 2 aliphatic carbocycles. The van der Waals surface area contributed by atoms with Crippen molar-refractivity contribution in [2.24, 2.45) is 21.8 Å². The van der Waals surface area contributed by atoms with Crippen LogP contribution in [0.3, 0.4) is 0 Å². The number of carbonyl (C=O) groups is 1. The van der Waals surface area contributed by atoms with Gasteiger partial charge in [0.15, 0.2) is 0 Å². The first-order valence-corrected chi connectivity index (χ1v) is 9.01. The maximum absolute atomic E-state index is 12.4. The lowest BCUT2D eigenvalue weighted by Gasteiger charge is -2.34. The van der Waals surface area contributed by atoms with Crippen LogP contribution in [0, 0.1) is 16.7 Å². The molecule has 7 heteroatoms. The number of nitrogens with zero attached hydrogens (tertiary/aromatic N) is 4. The normalized spacial score (nSPS) is 28.0. The third-order valence-electron chi connectivity index (χ3n) is 6.75. The summed E-state index contributed by atoms with van der Waals surface area (Å²) >= 11 is 0. The predicted molar refractivity (Wildman–Crippen MR) is 98.6 cm³/mol. The van der Waals surface area contributed by atoms with Crippen molar-refractivity contribution in [2.45, 2.75) is 46.6 Å². The number of aromatic nitrogens is 3. The number of carbonyl (C=O) groups excluding carboxylic acids is 1. The first kappa shape index (κ1) is 16.9. The lowest BCUT2D eigenvalue weighted by Crippen LogP contribution is -2.36. The molecule has 0 spiro atoms. The average molecular weight is 353 g/mol. The van der Waals surface area contributed by atoms with E-state index < -0.39 is 0 Å². The van der Waals surface area contributed by atoms with E-state index in [1.165, 1.54) is 6.42 Å². The molecule has 0 radical (unpaired) electrons. The van der Waals surface area contributed by atoms with Gasteiger partial charge in [0.05, 0.1) is 5.39 Å². The number of hydrazone groups is 1. The fourth-order valence-electron chi connectivity index (χ4n) is 4.53. The van der Waals surface area contributed by atoms with E-state index in [4.69, 9.17) is 0 Å². The highest BCUT2D eigenvalue weighted by molar-refractivity contribution is 5.95. The number of fused-ring (bicyclic) bond motifs is 3. The molecule has 26 heavy (non-hydrogen) atoms. The van der Waals surface area contributed by atoms with Crippen molar-refractivity contribution < 1.29 is 4.79 Å². The van der Waals surface area contributed by atoms with Crippen LogP contribution in [-0.4, -0.2) is 26.6 Å². The molecule has 2 atom stereocenters. The topological polar surface area (TPSA) is 89.2 Å². The predicted octanol–water partition coefficient (Wildman–Crippen LogP) is 2.11. The molecule has 1 amide bonds. The maximum Gasteiger partial charge on any atom is 0.278 e. The van der Waals surface area contributed by atoms with Crippen molar-refractivity contribution in [3.8, 4) is 0 Å². The molecule has 2 bridgehead atoms. The van der Waals surface area contributed by atoms with Gasteiger partial charge in [0.2, 0.25) is 0 Å². The average Bonchev–Trinajstić information content (AvgIpc) is 2.96. The molecular weight excluding hydrogens is 330 g/mol. The minimum atomic E-state index is -0.367. The summed E-state index contributed by atoms with van der Waals surface area (Å²) in [7, 11) is 0. The summed E-state index contributed by atoms with van der Waals surface area (Å²) < 4.78 is 1.07. The fourth-order valence-corrected chi connectivity index (χ4v) is 4.53. The van der Waals surface area contributed by atoms with Gasteiger partial charge in [-0.25, -0.2) is 10.1 Å². The SMILES string of the molecule is CC12CCC(CC1=NNC(=O)Cn1nnc3ccccc3c1=O)C2(C)C. The molecule has 1 aromatic heterocycles. The molecule has 2 saturated carbocycles. The lowest BCUT2D eigenvalue weighted by molar-refractivity contribution is -0.121. The van der Waals surface area contributed by atoms with Gasteiger partial charge in [-0.3, -0.25) is 9.59 Å². The van der Waals surface area contributed by atoms with E-state index in [9.17, 15) is 9.59 Å². The van der Waals surface area contributed by atoms with E-state index in [1.54, 1.807) is 24.3 Å². The van der Waals surface area contributed by atoms with Crippen molar-refractivity contribution >= 4 is 22.5 Å². The number of rotatable bonds is 3. The van der Waals surface area contributed by atoms with E-state index in [0.717, 1.165) is 23.2 Å². The van der Waals surface area contributed by atoms with Crippen LogP contribution in [0.2, 0.25) is 0 Å². The van der Waals surface area contributed by atoms with Gasteiger partial charge in [-0.1, -0.05) is 38.1 Å². The van der Waals surface area contributed by atoms with Crippen molar-refractivity contribution in [3.63, 3.8) is 0 Å². The van der Waals surface area contributed by atoms with Gasteiger partial charge in [-0.05, 0) is 42.7 Å². The van der Waals surface area contributed by atoms with Crippen LogP contribution in [0.4, 0.5) is 0 Å². The fraction of sp³-hybridized carbons (Fsp3) is 0.526. The molecule has 4 rings (SSSR count). The Morgan fingerprint density at radius 2 is 2.12 bits per heavy atom. The Balaban J connectivity index is 1.51. The standard InChI is InChI=1S/C19H23N5O2/c1-18(2)12-8-9-19(18,3)15(10-12)21-22-16(25)11-24-17(26)13-6-4-5-7-14(13)20-23-24/h4-7,12H,8-11H2,1-3H3,(H,22,25).